The Bertz CT molecular complexity index is 649. The first-order valence-electron chi connectivity index (χ1n) is 6.27. The summed E-state index contributed by atoms with van der Waals surface area (Å²) < 4.78 is 5.73. The van der Waals surface area contributed by atoms with E-state index >= 15 is 0 Å². The third kappa shape index (κ3) is 4.16. The summed E-state index contributed by atoms with van der Waals surface area (Å²) in [7, 11) is 1.62. The van der Waals surface area contributed by atoms with Crippen LogP contribution in [0.3, 0.4) is 0 Å². The van der Waals surface area contributed by atoms with Gasteiger partial charge in [-0.15, -0.1) is 0 Å². The molecule has 1 aromatic heterocycles. The van der Waals surface area contributed by atoms with Gasteiger partial charge in [-0.25, -0.2) is 4.98 Å². The highest BCUT2D eigenvalue weighted by molar-refractivity contribution is 9.10. The Morgan fingerprint density at radius 3 is 2.95 bits per heavy atom. The van der Waals surface area contributed by atoms with Crippen molar-refractivity contribution in [1.29, 1.82) is 0 Å². The molecule has 0 radical (unpaired) electrons. The van der Waals surface area contributed by atoms with Crippen molar-refractivity contribution in [2.75, 3.05) is 19.0 Å². The van der Waals surface area contributed by atoms with Gasteiger partial charge in [-0.2, -0.15) is 0 Å². The van der Waals surface area contributed by atoms with Crippen molar-refractivity contribution >= 4 is 27.4 Å². The van der Waals surface area contributed by atoms with E-state index in [9.17, 15) is 10.1 Å². The molecule has 1 N–H and O–H groups in total. The van der Waals surface area contributed by atoms with Crippen LogP contribution in [-0.2, 0) is 6.42 Å². The van der Waals surface area contributed by atoms with Crippen LogP contribution in [0.2, 0.25) is 0 Å². The number of halogens is 1. The number of benzene rings is 1. The van der Waals surface area contributed by atoms with Gasteiger partial charge in [0.25, 0.3) is 0 Å². The van der Waals surface area contributed by atoms with E-state index in [1.165, 1.54) is 12.3 Å². The number of rotatable bonds is 6. The molecule has 110 valence electrons. The smallest absolute Gasteiger partial charge is 0.312 e. The lowest BCUT2D eigenvalue weighted by atomic mass is 10.1. The fourth-order valence-electron chi connectivity index (χ4n) is 1.86. The van der Waals surface area contributed by atoms with E-state index in [2.05, 4.69) is 26.2 Å². The molecule has 2 rings (SSSR count). The highest BCUT2D eigenvalue weighted by Gasteiger charge is 2.15. The lowest BCUT2D eigenvalue weighted by molar-refractivity contribution is -0.384. The normalized spacial score (nSPS) is 10.2. The van der Waals surface area contributed by atoms with Gasteiger partial charge in [0.05, 0.1) is 12.0 Å². The summed E-state index contributed by atoms with van der Waals surface area (Å²) in [5, 5.41) is 14.0. The molecule has 0 saturated heterocycles. The van der Waals surface area contributed by atoms with Crippen LogP contribution in [0.1, 0.15) is 5.56 Å². The third-order valence-corrected chi connectivity index (χ3v) is 3.30. The van der Waals surface area contributed by atoms with Gasteiger partial charge in [0, 0.05) is 23.3 Å². The third-order valence-electron chi connectivity index (χ3n) is 2.87. The van der Waals surface area contributed by atoms with E-state index in [0.29, 0.717) is 17.4 Å². The summed E-state index contributed by atoms with van der Waals surface area (Å²) in [5.41, 5.74) is 1.04. The molecule has 0 unspecified atom stereocenters. The fraction of sp³-hybridized carbons (Fsp3) is 0.214. The largest absolute Gasteiger partial charge is 0.497 e. The summed E-state index contributed by atoms with van der Waals surface area (Å²) in [5.74, 6) is 1.06. The van der Waals surface area contributed by atoms with Crippen molar-refractivity contribution in [1.82, 2.24) is 4.98 Å². The maximum Gasteiger partial charge on any atom is 0.312 e. The number of nitrogens with zero attached hydrogens (tertiary/aromatic N) is 2. The Hall–Kier alpha value is -2.15. The average molecular weight is 352 g/mol. The molecule has 0 saturated carbocycles. The van der Waals surface area contributed by atoms with E-state index in [0.717, 1.165) is 11.3 Å². The standard InChI is InChI=1S/C14H14BrN3O3/c1-21-12-4-2-3-10(7-12)5-6-16-14-13(18(19)20)8-11(15)9-17-14/h2-4,7-9H,5-6H2,1H3,(H,16,17). The highest BCUT2D eigenvalue weighted by Crippen LogP contribution is 2.25. The highest BCUT2D eigenvalue weighted by atomic mass is 79.9. The predicted molar refractivity (Wildman–Crippen MR) is 83.8 cm³/mol. The van der Waals surface area contributed by atoms with Crippen LogP contribution in [0.15, 0.2) is 41.0 Å². The van der Waals surface area contributed by atoms with Crippen LogP contribution >= 0.6 is 15.9 Å². The zero-order valence-electron chi connectivity index (χ0n) is 11.4. The minimum atomic E-state index is -0.453. The van der Waals surface area contributed by atoms with Gasteiger partial charge < -0.3 is 10.1 Å². The Labute approximate surface area is 130 Å². The lowest BCUT2D eigenvalue weighted by Crippen LogP contribution is -2.08. The average Bonchev–Trinajstić information content (AvgIpc) is 2.48. The van der Waals surface area contributed by atoms with Crippen LogP contribution in [0.25, 0.3) is 0 Å². The number of methoxy groups -OCH3 is 1. The lowest BCUT2D eigenvalue weighted by Gasteiger charge is -2.07. The van der Waals surface area contributed by atoms with Crippen LogP contribution in [0.4, 0.5) is 11.5 Å². The van der Waals surface area contributed by atoms with Crippen molar-refractivity contribution in [2.24, 2.45) is 0 Å². The maximum atomic E-state index is 11.0. The van der Waals surface area contributed by atoms with Crippen LogP contribution < -0.4 is 10.1 Å². The summed E-state index contributed by atoms with van der Waals surface area (Å²) in [4.78, 5) is 14.6. The summed E-state index contributed by atoms with van der Waals surface area (Å²) >= 11 is 3.18. The zero-order valence-corrected chi connectivity index (χ0v) is 13.0. The molecule has 0 amide bonds. The number of nitro groups is 1. The van der Waals surface area contributed by atoms with E-state index in [1.807, 2.05) is 24.3 Å². The molecule has 0 bridgehead atoms. The molecular weight excluding hydrogens is 338 g/mol. The first-order chi connectivity index (χ1) is 10.1. The maximum absolute atomic E-state index is 11.0. The molecule has 7 heteroatoms. The molecular formula is C14H14BrN3O3. The van der Waals surface area contributed by atoms with Crippen molar-refractivity contribution in [3.63, 3.8) is 0 Å². The van der Waals surface area contributed by atoms with Crippen molar-refractivity contribution in [3.05, 3.63) is 56.7 Å². The van der Waals surface area contributed by atoms with Gasteiger partial charge in [-0.05, 0) is 40.0 Å². The molecule has 0 fully saturated rings. The van der Waals surface area contributed by atoms with E-state index in [-0.39, 0.29) is 11.5 Å². The van der Waals surface area contributed by atoms with Crippen LogP contribution in [-0.4, -0.2) is 23.6 Å². The molecule has 0 atom stereocenters. The van der Waals surface area contributed by atoms with Gasteiger partial charge in [0.15, 0.2) is 0 Å². The Morgan fingerprint density at radius 1 is 1.43 bits per heavy atom. The Morgan fingerprint density at radius 2 is 2.24 bits per heavy atom. The molecule has 0 aliphatic rings. The number of ether oxygens (including phenoxy) is 1. The number of hydrogen-bond donors (Lipinski definition) is 1. The zero-order chi connectivity index (χ0) is 15.2. The molecule has 2 aromatic rings. The molecule has 6 nitrogen and oxygen atoms in total. The van der Waals surface area contributed by atoms with Gasteiger partial charge >= 0.3 is 5.69 Å². The minimum absolute atomic E-state index is 0.0463. The monoisotopic (exact) mass is 351 g/mol. The van der Waals surface area contributed by atoms with Gasteiger partial charge in [-0.3, -0.25) is 10.1 Å². The van der Waals surface area contributed by atoms with Crippen molar-refractivity contribution in [2.45, 2.75) is 6.42 Å². The number of pyridine rings is 1. The quantitative estimate of drug-likeness (QED) is 0.637. The number of hydrogen-bond acceptors (Lipinski definition) is 5. The first-order valence-corrected chi connectivity index (χ1v) is 7.06. The van der Waals surface area contributed by atoms with Gasteiger partial charge in [0.2, 0.25) is 5.82 Å². The Balaban J connectivity index is 2.01. The van der Waals surface area contributed by atoms with E-state index < -0.39 is 4.92 Å². The van der Waals surface area contributed by atoms with Gasteiger partial charge in [-0.1, -0.05) is 12.1 Å². The van der Waals surface area contributed by atoms with Gasteiger partial charge in [0.1, 0.15) is 5.75 Å². The second kappa shape index (κ2) is 7.03. The predicted octanol–water partition coefficient (Wildman–Crippen LogP) is 3.42. The number of anilines is 1. The van der Waals surface area contributed by atoms with Crippen molar-refractivity contribution in [3.8, 4) is 5.75 Å². The summed E-state index contributed by atoms with van der Waals surface area (Å²) in [6.45, 7) is 0.544. The van der Waals surface area contributed by atoms with Crippen LogP contribution in [0.5, 0.6) is 5.75 Å². The molecule has 1 aromatic carbocycles. The Kier molecular flexibility index (Phi) is 5.10. The summed E-state index contributed by atoms with van der Waals surface area (Å²) in [6.07, 6.45) is 2.24. The fourth-order valence-corrected chi connectivity index (χ4v) is 2.18. The molecule has 1 heterocycles. The number of nitrogens with one attached hydrogen (secondary N) is 1. The van der Waals surface area contributed by atoms with E-state index in [1.54, 1.807) is 7.11 Å². The van der Waals surface area contributed by atoms with Crippen molar-refractivity contribution < 1.29 is 9.66 Å². The summed E-state index contributed by atoms with van der Waals surface area (Å²) in [6, 6.07) is 9.13. The first kappa shape index (κ1) is 15.2. The van der Waals surface area contributed by atoms with E-state index in [4.69, 9.17) is 4.74 Å². The number of aromatic nitrogens is 1. The molecule has 0 aliphatic carbocycles. The second-order valence-electron chi connectivity index (χ2n) is 4.31. The minimum Gasteiger partial charge on any atom is -0.497 e. The molecule has 0 spiro atoms. The topological polar surface area (TPSA) is 77.3 Å². The molecule has 21 heavy (non-hydrogen) atoms. The SMILES string of the molecule is COc1cccc(CCNc2ncc(Br)cc2[N+](=O)[O-])c1. The second-order valence-corrected chi connectivity index (χ2v) is 5.22. The van der Waals surface area contributed by atoms with Crippen LogP contribution in [0, 0.1) is 10.1 Å². The molecule has 0 aliphatic heterocycles.